The fourth-order valence-electron chi connectivity index (χ4n) is 1.36. The number of nitrogens with zero attached hydrogens (tertiary/aromatic N) is 1. The Labute approximate surface area is 102 Å². The van der Waals surface area contributed by atoms with Gasteiger partial charge in [0.25, 0.3) is 0 Å². The molecule has 4 heteroatoms. The Morgan fingerprint density at radius 1 is 1.47 bits per heavy atom. The van der Waals surface area contributed by atoms with Crippen molar-refractivity contribution < 1.29 is 4.39 Å². The lowest BCUT2D eigenvalue weighted by atomic mass is 10.1. The summed E-state index contributed by atoms with van der Waals surface area (Å²) < 4.78 is 13.3. The number of rotatable bonds is 5. The molecule has 0 fully saturated rings. The maximum absolute atomic E-state index is 13.3. The number of nitrogens with two attached hydrogens (primary N) is 1. The van der Waals surface area contributed by atoms with Crippen LogP contribution in [0, 0.1) is 12.7 Å². The third kappa shape index (κ3) is 4.85. The van der Waals surface area contributed by atoms with Crippen LogP contribution in [0.5, 0.6) is 0 Å². The first-order chi connectivity index (χ1) is 8.13. The maximum Gasteiger partial charge on any atom is 0.188 e. The molecule has 0 saturated heterocycles. The molecule has 1 aromatic rings. The van der Waals surface area contributed by atoms with Crippen LogP contribution >= 0.6 is 0 Å². The second-order valence-electron chi connectivity index (χ2n) is 4.07. The number of aryl methyl sites for hydroxylation is 1. The van der Waals surface area contributed by atoms with Gasteiger partial charge >= 0.3 is 0 Å². The predicted molar refractivity (Wildman–Crippen MR) is 69.4 cm³/mol. The van der Waals surface area contributed by atoms with Gasteiger partial charge in [-0.15, -0.1) is 0 Å². The van der Waals surface area contributed by atoms with Crippen LogP contribution in [0.1, 0.15) is 30.9 Å². The van der Waals surface area contributed by atoms with E-state index in [4.69, 9.17) is 5.73 Å². The van der Waals surface area contributed by atoms with Crippen LogP contribution in [0.25, 0.3) is 0 Å². The average molecular weight is 237 g/mol. The molecular formula is C13H20FN3. The van der Waals surface area contributed by atoms with Gasteiger partial charge in [0.05, 0.1) is 6.54 Å². The van der Waals surface area contributed by atoms with Gasteiger partial charge in [-0.1, -0.05) is 25.5 Å². The first-order valence-corrected chi connectivity index (χ1v) is 5.92. The highest BCUT2D eigenvalue weighted by molar-refractivity contribution is 5.77. The summed E-state index contributed by atoms with van der Waals surface area (Å²) in [5.41, 5.74) is 7.15. The van der Waals surface area contributed by atoms with Gasteiger partial charge in [-0.25, -0.2) is 9.38 Å². The molecule has 0 atom stereocenters. The minimum atomic E-state index is -0.199. The minimum absolute atomic E-state index is 0.199. The van der Waals surface area contributed by atoms with Crippen LogP contribution in [-0.2, 0) is 6.54 Å². The second-order valence-corrected chi connectivity index (χ2v) is 4.07. The summed E-state index contributed by atoms with van der Waals surface area (Å²) in [4.78, 5) is 4.15. The largest absolute Gasteiger partial charge is 0.370 e. The summed E-state index contributed by atoms with van der Waals surface area (Å²) in [7, 11) is 0. The fraction of sp³-hybridized carbons (Fsp3) is 0.462. The van der Waals surface area contributed by atoms with Crippen LogP contribution in [0.2, 0.25) is 0 Å². The quantitative estimate of drug-likeness (QED) is 0.469. The zero-order chi connectivity index (χ0) is 12.7. The van der Waals surface area contributed by atoms with Crippen LogP contribution in [0.15, 0.2) is 23.2 Å². The Morgan fingerprint density at radius 3 is 2.88 bits per heavy atom. The highest BCUT2D eigenvalue weighted by Gasteiger charge is 1.99. The molecule has 1 aromatic carbocycles. The van der Waals surface area contributed by atoms with E-state index in [0.717, 1.165) is 24.9 Å². The molecule has 17 heavy (non-hydrogen) atoms. The third-order valence-electron chi connectivity index (χ3n) is 2.50. The highest BCUT2D eigenvalue weighted by atomic mass is 19.1. The molecule has 0 aliphatic rings. The third-order valence-corrected chi connectivity index (χ3v) is 2.50. The smallest absolute Gasteiger partial charge is 0.188 e. The lowest BCUT2D eigenvalue weighted by Crippen LogP contribution is -2.32. The van der Waals surface area contributed by atoms with E-state index >= 15 is 0 Å². The van der Waals surface area contributed by atoms with Gasteiger partial charge in [0.15, 0.2) is 5.96 Å². The van der Waals surface area contributed by atoms with Crippen molar-refractivity contribution in [3.05, 3.63) is 35.1 Å². The first-order valence-electron chi connectivity index (χ1n) is 5.92. The van der Waals surface area contributed by atoms with Crippen molar-refractivity contribution in [2.24, 2.45) is 10.7 Å². The Balaban J connectivity index is 2.48. The minimum Gasteiger partial charge on any atom is -0.370 e. The van der Waals surface area contributed by atoms with Crippen molar-refractivity contribution in [3.63, 3.8) is 0 Å². The fourth-order valence-corrected chi connectivity index (χ4v) is 1.36. The number of aliphatic imine (C=N–C) groups is 1. The van der Waals surface area contributed by atoms with Crippen LogP contribution in [0.4, 0.5) is 4.39 Å². The van der Waals surface area contributed by atoms with E-state index in [2.05, 4.69) is 17.2 Å². The molecule has 1 rings (SSSR count). The summed E-state index contributed by atoms with van der Waals surface area (Å²) in [6.07, 6.45) is 2.18. The summed E-state index contributed by atoms with van der Waals surface area (Å²) >= 11 is 0. The predicted octanol–water partition coefficient (Wildman–Crippen LogP) is 2.34. The molecule has 0 bridgehead atoms. The normalized spacial score (nSPS) is 11.6. The molecule has 0 heterocycles. The van der Waals surface area contributed by atoms with Gasteiger partial charge < -0.3 is 11.1 Å². The zero-order valence-electron chi connectivity index (χ0n) is 10.5. The van der Waals surface area contributed by atoms with Crippen molar-refractivity contribution in [3.8, 4) is 0 Å². The monoisotopic (exact) mass is 237 g/mol. The van der Waals surface area contributed by atoms with E-state index < -0.39 is 0 Å². The SMILES string of the molecule is CCCCNC(N)=NCc1ccc(C)c(F)c1. The van der Waals surface area contributed by atoms with Gasteiger partial charge in [0.2, 0.25) is 0 Å². The number of hydrogen-bond acceptors (Lipinski definition) is 1. The molecule has 0 radical (unpaired) electrons. The maximum atomic E-state index is 13.3. The number of guanidine groups is 1. The molecule has 3 nitrogen and oxygen atoms in total. The van der Waals surface area contributed by atoms with E-state index in [1.807, 2.05) is 6.07 Å². The van der Waals surface area contributed by atoms with Crippen molar-refractivity contribution in [2.45, 2.75) is 33.2 Å². The lowest BCUT2D eigenvalue weighted by molar-refractivity contribution is 0.616. The van der Waals surface area contributed by atoms with E-state index in [0.29, 0.717) is 18.1 Å². The van der Waals surface area contributed by atoms with Crippen LogP contribution in [-0.4, -0.2) is 12.5 Å². The van der Waals surface area contributed by atoms with Gasteiger partial charge in [-0.05, 0) is 30.5 Å². The van der Waals surface area contributed by atoms with E-state index in [-0.39, 0.29) is 5.82 Å². The average Bonchev–Trinajstić information content (AvgIpc) is 2.31. The van der Waals surface area contributed by atoms with Gasteiger partial charge in [0.1, 0.15) is 5.82 Å². The molecular weight excluding hydrogens is 217 g/mol. The molecule has 3 N–H and O–H groups in total. The van der Waals surface area contributed by atoms with E-state index in [9.17, 15) is 4.39 Å². The first kappa shape index (κ1) is 13.5. The van der Waals surface area contributed by atoms with Gasteiger partial charge in [-0.3, -0.25) is 0 Å². The van der Waals surface area contributed by atoms with Crippen LogP contribution in [0.3, 0.4) is 0 Å². The van der Waals surface area contributed by atoms with Crippen molar-refractivity contribution in [2.75, 3.05) is 6.54 Å². The van der Waals surface area contributed by atoms with Crippen LogP contribution < -0.4 is 11.1 Å². The Morgan fingerprint density at radius 2 is 2.24 bits per heavy atom. The molecule has 0 aliphatic carbocycles. The molecule has 0 spiro atoms. The number of nitrogens with one attached hydrogen (secondary N) is 1. The molecule has 0 amide bonds. The highest BCUT2D eigenvalue weighted by Crippen LogP contribution is 2.09. The van der Waals surface area contributed by atoms with Gasteiger partial charge in [-0.2, -0.15) is 0 Å². The molecule has 0 saturated carbocycles. The number of halogens is 1. The molecule has 0 unspecified atom stereocenters. The Hall–Kier alpha value is -1.58. The summed E-state index contributed by atoms with van der Waals surface area (Å²) in [5.74, 6) is 0.217. The van der Waals surface area contributed by atoms with Crippen molar-refractivity contribution in [1.82, 2.24) is 5.32 Å². The standard InChI is InChI=1S/C13H20FN3/c1-3-4-7-16-13(15)17-9-11-6-5-10(2)12(14)8-11/h5-6,8H,3-4,7,9H2,1-2H3,(H3,15,16,17). The summed E-state index contributed by atoms with van der Waals surface area (Å²) in [6, 6.07) is 5.11. The summed E-state index contributed by atoms with van der Waals surface area (Å²) in [6.45, 7) is 5.09. The Bertz CT molecular complexity index is 388. The number of benzene rings is 1. The summed E-state index contributed by atoms with van der Waals surface area (Å²) in [5, 5.41) is 3.01. The van der Waals surface area contributed by atoms with Crippen molar-refractivity contribution in [1.29, 1.82) is 0 Å². The molecule has 94 valence electrons. The molecule has 0 aromatic heterocycles. The zero-order valence-corrected chi connectivity index (χ0v) is 10.5. The van der Waals surface area contributed by atoms with E-state index in [1.165, 1.54) is 6.07 Å². The van der Waals surface area contributed by atoms with Crippen molar-refractivity contribution >= 4 is 5.96 Å². The van der Waals surface area contributed by atoms with E-state index in [1.54, 1.807) is 13.0 Å². The topological polar surface area (TPSA) is 50.4 Å². The van der Waals surface area contributed by atoms with Gasteiger partial charge in [0, 0.05) is 6.54 Å². The Kier molecular flexibility index (Phi) is 5.46. The molecule has 0 aliphatic heterocycles. The second kappa shape index (κ2) is 6.89. The number of hydrogen-bond donors (Lipinski definition) is 2. The lowest BCUT2D eigenvalue weighted by Gasteiger charge is -2.05. The number of unbranched alkanes of at least 4 members (excludes halogenated alkanes) is 1.